The van der Waals surface area contributed by atoms with Crippen molar-refractivity contribution in [2.75, 3.05) is 13.2 Å². The molecule has 1 aromatic carbocycles. The Morgan fingerprint density at radius 3 is 2.78 bits per heavy atom. The lowest BCUT2D eigenvalue weighted by Crippen LogP contribution is -2.56. The number of carbonyl (C=O) groups is 3. The Balaban J connectivity index is 1.52. The summed E-state index contributed by atoms with van der Waals surface area (Å²) >= 11 is 0. The van der Waals surface area contributed by atoms with Crippen LogP contribution in [0.15, 0.2) is 35.9 Å². The molecule has 1 heterocycles. The van der Waals surface area contributed by atoms with Crippen molar-refractivity contribution in [1.82, 2.24) is 15.5 Å². The molecule has 8 heteroatoms. The predicted octanol–water partition coefficient (Wildman–Crippen LogP) is 1.74. The van der Waals surface area contributed by atoms with Gasteiger partial charge in [0.2, 0.25) is 17.7 Å². The molecule has 3 amide bonds. The van der Waals surface area contributed by atoms with Crippen molar-refractivity contribution in [2.24, 2.45) is 5.73 Å². The van der Waals surface area contributed by atoms with E-state index in [0.717, 1.165) is 48.8 Å². The van der Waals surface area contributed by atoms with Gasteiger partial charge in [-0.3, -0.25) is 14.4 Å². The Hall–Kier alpha value is -3.15. The SMILES string of the molecule is C#CCO[C@@H]1Cc2ccccc2C1NC(=O)[C@@H]1CCCN1C(=O)[C@@H](NC(=O)[C@H](C)N)C1=CCCCC1. The quantitative estimate of drug-likeness (QED) is 0.378. The molecule has 1 fully saturated rings. The third-order valence-corrected chi connectivity index (χ3v) is 7.34. The van der Waals surface area contributed by atoms with Crippen LogP contribution in [0, 0.1) is 12.3 Å². The molecule has 4 rings (SSSR count). The zero-order valence-corrected chi connectivity index (χ0v) is 20.9. The first-order valence-corrected chi connectivity index (χ1v) is 12.9. The van der Waals surface area contributed by atoms with Crippen molar-refractivity contribution in [3.8, 4) is 12.3 Å². The molecule has 0 radical (unpaired) electrons. The van der Waals surface area contributed by atoms with E-state index in [2.05, 4.69) is 16.6 Å². The summed E-state index contributed by atoms with van der Waals surface area (Å²) < 4.78 is 5.87. The van der Waals surface area contributed by atoms with Gasteiger partial charge in [-0.2, -0.15) is 0 Å². The van der Waals surface area contributed by atoms with Gasteiger partial charge in [0.25, 0.3) is 0 Å². The highest BCUT2D eigenvalue weighted by atomic mass is 16.5. The maximum absolute atomic E-state index is 13.8. The summed E-state index contributed by atoms with van der Waals surface area (Å²) in [7, 11) is 0. The van der Waals surface area contributed by atoms with E-state index in [4.69, 9.17) is 16.9 Å². The minimum atomic E-state index is -0.795. The summed E-state index contributed by atoms with van der Waals surface area (Å²) in [4.78, 5) is 41.4. The fraction of sp³-hybridized carbons (Fsp3) is 0.536. The number of hydrogen-bond acceptors (Lipinski definition) is 5. The number of fused-ring (bicyclic) bond motifs is 1. The third-order valence-electron chi connectivity index (χ3n) is 7.34. The Morgan fingerprint density at radius 2 is 2.06 bits per heavy atom. The fourth-order valence-electron chi connectivity index (χ4n) is 5.47. The third kappa shape index (κ3) is 5.63. The van der Waals surface area contributed by atoms with E-state index in [-0.39, 0.29) is 36.5 Å². The molecule has 0 spiro atoms. The van der Waals surface area contributed by atoms with Gasteiger partial charge in [0.05, 0.1) is 18.2 Å². The van der Waals surface area contributed by atoms with Gasteiger partial charge < -0.3 is 26.0 Å². The second-order valence-electron chi connectivity index (χ2n) is 9.89. The molecule has 4 N–H and O–H groups in total. The van der Waals surface area contributed by atoms with Gasteiger partial charge in [0, 0.05) is 13.0 Å². The van der Waals surface area contributed by atoms with Crippen LogP contribution in [-0.4, -0.2) is 60.0 Å². The predicted molar refractivity (Wildman–Crippen MR) is 136 cm³/mol. The number of terminal acetylenes is 1. The van der Waals surface area contributed by atoms with E-state index < -0.39 is 18.1 Å². The molecule has 2 aliphatic carbocycles. The molecular weight excluding hydrogens is 456 g/mol. The van der Waals surface area contributed by atoms with Crippen molar-refractivity contribution >= 4 is 17.7 Å². The number of nitrogens with two attached hydrogens (primary N) is 1. The van der Waals surface area contributed by atoms with Crippen molar-refractivity contribution < 1.29 is 19.1 Å². The van der Waals surface area contributed by atoms with E-state index in [0.29, 0.717) is 19.4 Å². The van der Waals surface area contributed by atoms with Crippen LogP contribution < -0.4 is 16.4 Å². The standard InChI is InChI=1S/C28H36N4O4/c1-3-16-36-23-17-20-12-7-8-13-21(20)25(23)31-27(34)22-14-9-15-32(22)28(35)24(30-26(33)18(2)29)19-10-5-4-6-11-19/h1,7-8,10,12-13,18,22-25H,4-6,9,11,14-17,29H2,2H3,(H,30,33)(H,31,34)/t18-,22-,23+,24-,25?/m0/s1. The highest BCUT2D eigenvalue weighted by molar-refractivity contribution is 5.95. The van der Waals surface area contributed by atoms with Gasteiger partial charge in [-0.15, -0.1) is 6.42 Å². The van der Waals surface area contributed by atoms with Crippen LogP contribution in [0.4, 0.5) is 0 Å². The molecule has 36 heavy (non-hydrogen) atoms. The Labute approximate surface area is 213 Å². The number of hydrogen-bond donors (Lipinski definition) is 3. The maximum Gasteiger partial charge on any atom is 0.250 e. The summed E-state index contributed by atoms with van der Waals surface area (Å²) in [6, 6.07) is 5.45. The zero-order chi connectivity index (χ0) is 25.7. The van der Waals surface area contributed by atoms with E-state index in [1.54, 1.807) is 11.8 Å². The summed E-state index contributed by atoms with van der Waals surface area (Å²) in [5, 5.41) is 5.99. The van der Waals surface area contributed by atoms with Gasteiger partial charge in [0.15, 0.2) is 0 Å². The topological polar surface area (TPSA) is 114 Å². The van der Waals surface area contributed by atoms with E-state index >= 15 is 0 Å². The summed E-state index contributed by atoms with van der Waals surface area (Å²) in [6.45, 7) is 2.22. The lowest BCUT2D eigenvalue weighted by Gasteiger charge is -2.32. The minimum Gasteiger partial charge on any atom is -0.363 e. The largest absolute Gasteiger partial charge is 0.363 e. The molecule has 0 bridgehead atoms. The van der Waals surface area contributed by atoms with Crippen molar-refractivity contribution in [1.29, 1.82) is 0 Å². The molecule has 1 saturated heterocycles. The molecule has 5 atom stereocenters. The minimum absolute atomic E-state index is 0.162. The van der Waals surface area contributed by atoms with Gasteiger partial charge in [-0.1, -0.05) is 36.3 Å². The molecule has 1 aliphatic heterocycles. The van der Waals surface area contributed by atoms with Crippen LogP contribution in [0.3, 0.4) is 0 Å². The Bertz CT molecular complexity index is 1060. The molecule has 1 unspecified atom stereocenters. The second kappa shape index (κ2) is 11.7. The zero-order valence-electron chi connectivity index (χ0n) is 20.9. The molecule has 1 aromatic rings. The average Bonchev–Trinajstić information content (AvgIpc) is 3.51. The van der Waals surface area contributed by atoms with E-state index in [1.165, 1.54) is 0 Å². The number of likely N-dealkylation sites (tertiary alicyclic amines) is 1. The summed E-state index contributed by atoms with van der Waals surface area (Å²) in [6.07, 6.45) is 12.8. The monoisotopic (exact) mass is 492 g/mol. The number of carbonyl (C=O) groups excluding carboxylic acids is 3. The first-order valence-electron chi connectivity index (χ1n) is 12.9. The highest BCUT2D eigenvalue weighted by Crippen LogP contribution is 2.34. The molecular formula is C28H36N4O4. The van der Waals surface area contributed by atoms with Crippen LogP contribution in [-0.2, 0) is 25.5 Å². The first kappa shape index (κ1) is 25.9. The lowest BCUT2D eigenvalue weighted by molar-refractivity contribution is -0.141. The smallest absolute Gasteiger partial charge is 0.250 e. The average molecular weight is 493 g/mol. The maximum atomic E-state index is 13.8. The molecule has 0 saturated carbocycles. The Morgan fingerprint density at radius 1 is 1.25 bits per heavy atom. The number of nitrogens with one attached hydrogen (secondary N) is 2. The molecule has 0 aromatic heterocycles. The van der Waals surface area contributed by atoms with Gasteiger partial charge in [0.1, 0.15) is 18.7 Å². The summed E-state index contributed by atoms with van der Waals surface area (Å²) in [5.74, 6) is 1.66. The number of amides is 3. The number of nitrogens with zero attached hydrogens (tertiary/aromatic N) is 1. The Kier molecular flexibility index (Phi) is 8.44. The van der Waals surface area contributed by atoms with Crippen LogP contribution in [0.1, 0.15) is 62.6 Å². The normalized spacial score (nSPS) is 24.8. The second-order valence-corrected chi connectivity index (χ2v) is 9.89. The number of benzene rings is 1. The van der Waals surface area contributed by atoms with E-state index in [9.17, 15) is 14.4 Å². The molecule has 8 nitrogen and oxygen atoms in total. The number of allylic oxidation sites excluding steroid dienone is 1. The molecule has 192 valence electrons. The van der Waals surface area contributed by atoms with Gasteiger partial charge in [-0.05, 0) is 62.1 Å². The van der Waals surface area contributed by atoms with Crippen LogP contribution in [0.5, 0.6) is 0 Å². The first-order chi connectivity index (χ1) is 17.4. The van der Waals surface area contributed by atoms with Gasteiger partial charge in [-0.25, -0.2) is 0 Å². The van der Waals surface area contributed by atoms with Crippen molar-refractivity contribution in [2.45, 2.75) is 82.1 Å². The number of ether oxygens (including phenoxy) is 1. The highest BCUT2D eigenvalue weighted by Gasteiger charge is 2.41. The van der Waals surface area contributed by atoms with Crippen molar-refractivity contribution in [3.05, 3.63) is 47.0 Å². The fourth-order valence-corrected chi connectivity index (χ4v) is 5.47. The van der Waals surface area contributed by atoms with Crippen LogP contribution >= 0.6 is 0 Å². The van der Waals surface area contributed by atoms with Crippen molar-refractivity contribution in [3.63, 3.8) is 0 Å². The lowest BCUT2D eigenvalue weighted by atomic mass is 9.92. The van der Waals surface area contributed by atoms with Crippen LogP contribution in [0.2, 0.25) is 0 Å². The molecule has 3 aliphatic rings. The number of rotatable bonds is 8. The van der Waals surface area contributed by atoms with E-state index in [1.807, 2.05) is 30.3 Å². The van der Waals surface area contributed by atoms with Gasteiger partial charge >= 0.3 is 0 Å². The summed E-state index contributed by atoms with van der Waals surface area (Å²) in [5.41, 5.74) is 8.81. The van der Waals surface area contributed by atoms with Crippen LogP contribution in [0.25, 0.3) is 0 Å².